The topological polar surface area (TPSA) is 127 Å². The molecule has 12 heteroatoms. The number of thioether (sulfide) groups is 1. The van der Waals surface area contributed by atoms with Gasteiger partial charge < -0.3 is 24.8 Å². The van der Waals surface area contributed by atoms with Crippen molar-refractivity contribution in [2.45, 2.75) is 19.3 Å². The van der Waals surface area contributed by atoms with Gasteiger partial charge in [0.25, 0.3) is 0 Å². The van der Waals surface area contributed by atoms with Crippen LogP contribution in [0.5, 0.6) is 5.75 Å². The van der Waals surface area contributed by atoms with Gasteiger partial charge >= 0.3 is 5.97 Å². The standard InChI is InChI=1S/C22H25Cl2N3O6S/c1-4-33-19-14(23)8-12(9-15(19)24)17-13(10-25)21(27-20(29)18(17)22(30)32-3)34-11-16(28)26-6-5-7-31-2/h8-9,17-18H,4-7,11H2,1-3H3,(H,26,28)(H,27,29)/t17-,18-/m0/s1. The van der Waals surface area contributed by atoms with Crippen LogP contribution in [0.25, 0.3) is 0 Å². The van der Waals surface area contributed by atoms with E-state index in [1.54, 1.807) is 14.0 Å². The summed E-state index contributed by atoms with van der Waals surface area (Å²) >= 11 is 13.7. The van der Waals surface area contributed by atoms with E-state index in [0.29, 0.717) is 31.7 Å². The fourth-order valence-corrected chi connectivity index (χ4v) is 4.85. The summed E-state index contributed by atoms with van der Waals surface area (Å²) in [6.45, 7) is 3.04. The van der Waals surface area contributed by atoms with Crippen molar-refractivity contribution in [2.75, 3.05) is 39.7 Å². The molecule has 2 atom stereocenters. The number of amides is 2. The lowest BCUT2D eigenvalue weighted by Gasteiger charge is -2.31. The SMILES string of the molecule is CCOc1c(Cl)cc([C@H]2C(C#N)=C(SCC(=O)NCCCOC)NC(=O)[C@H]2C(=O)OC)cc1Cl. The first kappa shape index (κ1) is 27.8. The molecule has 1 aromatic rings. The number of allylic oxidation sites excluding steroid dienone is 1. The number of nitrogens with zero attached hydrogens (tertiary/aromatic N) is 1. The van der Waals surface area contributed by atoms with Crippen LogP contribution in [0.4, 0.5) is 0 Å². The predicted octanol–water partition coefficient (Wildman–Crippen LogP) is 3.02. The Morgan fingerprint density at radius 2 is 1.94 bits per heavy atom. The molecule has 0 spiro atoms. The lowest BCUT2D eigenvalue weighted by molar-refractivity contribution is -0.150. The zero-order valence-corrected chi connectivity index (χ0v) is 21.2. The number of halogens is 2. The molecule has 0 aliphatic carbocycles. The summed E-state index contributed by atoms with van der Waals surface area (Å²) in [4.78, 5) is 37.6. The van der Waals surface area contributed by atoms with E-state index in [9.17, 15) is 19.6 Å². The van der Waals surface area contributed by atoms with Crippen LogP contribution in [0.3, 0.4) is 0 Å². The van der Waals surface area contributed by atoms with Gasteiger partial charge in [-0.15, -0.1) is 0 Å². The first-order valence-corrected chi connectivity index (χ1v) is 12.1. The van der Waals surface area contributed by atoms with E-state index in [4.69, 9.17) is 37.4 Å². The van der Waals surface area contributed by atoms with Crippen LogP contribution in [0.15, 0.2) is 22.7 Å². The van der Waals surface area contributed by atoms with Gasteiger partial charge in [0.2, 0.25) is 11.8 Å². The summed E-state index contributed by atoms with van der Waals surface area (Å²) in [6, 6.07) is 5.06. The number of benzene rings is 1. The van der Waals surface area contributed by atoms with Crippen LogP contribution in [-0.4, -0.2) is 57.5 Å². The minimum absolute atomic E-state index is 0.0474. The van der Waals surface area contributed by atoms with E-state index in [1.165, 1.54) is 12.1 Å². The Morgan fingerprint density at radius 3 is 2.50 bits per heavy atom. The monoisotopic (exact) mass is 529 g/mol. The summed E-state index contributed by atoms with van der Waals surface area (Å²) < 4.78 is 15.2. The first-order valence-electron chi connectivity index (χ1n) is 10.3. The summed E-state index contributed by atoms with van der Waals surface area (Å²) in [7, 11) is 2.72. The van der Waals surface area contributed by atoms with Crippen molar-refractivity contribution in [3.8, 4) is 11.8 Å². The van der Waals surface area contributed by atoms with Gasteiger partial charge in [-0.3, -0.25) is 14.4 Å². The normalized spacial score (nSPS) is 17.6. The highest BCUT2D eigenvalue weighted by Gasteiger charge is 2.44. The number of methoxy groups -OCH3 is 2. The minimum Gasteiger partial charge on any atom is -0.491 e. The molecule has 1 heterocycles. The van der Waals surface area contributed by atoms with Crippen LogP contribution >= 0.6 is 35.0 Å². The maximum absolute atomic E-state index is 12.9. The van der Waals surface area contributed by atoms with Crippen LogP contribution in [0.1, 0.15) is 24.8 Å². The van der Waals surface area contributed by atoms with Gasteiger partial charge in [-0.1, -0.05) is 35.0 Å². The molecular weight excluding hydrogens is 505 g/mol. The zero-order valence-electron chi connectivity index (χ0n) is 18.9. The van der Waals surface area contributed by atoms with Crippen molar-refractivity contribution in [1.82, 2.24) is 10.6 Å². The molecule has 1 aromatic carbocycles. The molecule has 0 saturated heterocycles. The predicted molar refractivity (Wildman–Crippen MR) is 129 cm³/mol. The van der Waals surface area contributed by atoms with Crippen molar-refractivity contribution in [1.29, 1.82) is 5.26 Å². The largest absolute Gasteiger partial charge is 0.491 e. The molecule has 0 radical (unpaired) electrons. The Labute approximate surface area is 212 Å². The van der Waals surface area contributed by atoms with E-state index in [0.717, 1.165) is 18.9 Å². The van der Waals surface area contributed by atoms with Gasteiger partial charge in [-0.25, -0.2) is 0 Å². The highest BCUT2D eigenvalue weighted by atomic mass is 35.5. The smallest absolute Gasteiger partial charge is 0.319 e. The van der Waals surface area contributed by atoms with Crippen molar-refractivity contribution in [3.05, 3.63) is 38.3 Å². The van der Waals surface area contributed by atoms with E-state index in [1.807, 2.05) is 0 Å². The molecule has 34 heavy (non-hydrogen) atoms. The molecule has 0 bridgehead atoms. The second-order valence-electron chi connectivity index (χ2n) is 7.05. The third-order valence-electron chi connectivity index (χ3n) is 4.85. The number of hydrogen-bond donors (Lipinski definition) is 2. The van der Waals surface area contributed by atoms with Crippen LogP contribution in [0.2, 0.25) is 10.0 Å². The van der Waals surface area contributed by atoms with Crippen LogP contribution < -0.4 is 15.4 Å². The molecule has 184 valence electrons. The number of ether oxygens (including phenoxy) is 3. The van der Waals surface area contributed by atoms with Gasteiger partial charge in [0, 0.05) is 26.2 Å². The molecule has 0 saturated carbocycles. The highest BCUT2D eigenvalue weighted by Crippen LogP contribution is 2.44. The Hall–Kier alpha value is -2.45. The Bertz CT molecular complexity index is 988. The molecule has 2 N–H and O–H groups in total. The van der Waals surface area contributed by atoms with Crippen molar-refractivity contribution < 1.29 is 28.6 Å². The van der Waals surface area contributed by atoms with Crippen LogP contribution in [0, 0.1) is 17.2 Å². The van der Waals surface area contributed by atoms with E-state index >= 15 is 0 Å². The van der Waals surface area contributed by atoms with E-state index in [2.05, 4.69) is 16.7 Å². The fourth-order valence-electron chi connectivity index (χ4n) is 3.35. The van der Waals surface area contributed by atoms with Gasteiger partial charge in [0.15, 0.2) is 5.75 Å². The Balaban J connectivity index is 2.42. The van der Waals surface area contributed by atoms with E-state index < -0.39 is 23.7 Å². The summed E-state index contributed by atoms with van der Waals surface area (Å²) in [6.07, 6.45) is 0.651. The molecule has 0 aromatic heterocycles. The van der Waals surface area contributed by atoms with Gasteiger partial charge in [0.05, 0.1) is 46.2 Å². The van der Waals surface area contributed by atoms with Crippen LogP contribution in [-0.2, 0) is 23.9 Å². The van der Waals surface area contributed by atoms with Gasteiger partial charge in [0.1, 0.15) is 5.92 Å². The maximum atomic E-state index is 12.9. The quantitative estimate of drug-likeness (QED) is 0.254. The number of nitrogens with one attached hydrogen (secondary N) is 2. The highest BCUT2D eigenvalue weighted by molar-refractivity contribution is 8.03. The van der Waals surface area contributed by atoms with Crippen molar-refractivity contribution in [3.63, 3.8) is 0 Å². The summed E-state index contributed by atoms with van der Waals surface area (Å²) in [5.74, 6) is -3.93. The lowest BCUT2D eigenvalue weighted by atomic mass is 9.78. The zero-order chi connectivity index (χ0) is 25.3. The van der Waals surface area contributed by atoms with Crippen molar-refractivity contribution >= 4 is 52.7 Å². The number of carbonyl (C=O) groups is 3. The molecule has 9 nitrogen and oxygen atoms in total. The molecule has 1 aliphatic rings. The number of rotatable bonds is 11. The maximum Gasteiger partial charge on any atom is 0.319 e. The number of esters is 1. The number of hydrogen-bond acceptors (Lipinski definition) is 8. The average molecular weight is 530 g/mol. The Kier molecular flexibility index (Phi) is 11.0. The summed E-state index contributed by atoms with van der Waals surface area (Å²) in [5, 5.41) is 15.8. The van der Waals surface area contributed by atoms with Gasteiger partial charge in [-0.05, 0) is 31.0 Å². The average Bonchev–Trinajstić information content (AvgIpc) is 2.81. The lowest BCUT2D eigenvalue weighted by Crippen LogP contribution is -2.44. The number of carbonyl (C=O) groups excluding carboxylic acids is 3. The molecule has 0 fully saturated rings. The molecule has 2 rings (SSSR count). The van der Waals surface area contributed by atoms with Gasteiger partial charge in [-0.2, -0.15) is 5.26 Å². The fraction of sp³-hybridized carbons (Fsp3) is 0.455. The second kappa shape index (κ2) is 13.4. The number of nitriles is 1. The Morgan fingerprint density at radius 1 is 1.26 bits per heavy atom. The van der Waals surface area contributed by atoms with E-state index in [-0.39, 0.29) is 38.1 Å². The second-order valence-corrected chi connectivity index (χ2v) is 8.85. The third kappa shape index (κ3) is 6.79. The third-order valence-corrected chi connectivity index (χ3v) is 6.43. The first-order chi connectivity index (χ1) is 16.3. The molecule has 2 amide bonds. The molecule has 0 unspecified atom stereocenters. The summed E-state index contributed by atoms with van der Waals surface area (Å²) in [5.41, 5.74) is 0.450. The minimum atomic E-state index is -1.35. The molecule has 1 aliphatic heterocycles. The van der Waals surface area contributed by atoms with Crippen molar-refractivity contribution in [2.24, 2.45) is 5.92 Å². The molecular formula is C22H25Cl2N3O6S.